The summed E-state index contributed by atoms with van der Waals surface area (Å²) < 4.78 is 13.4. The van der Waals surface area contributed by atoms with E-state index in [9.17, 15) is 9.18 Å². The van der Waals surface area contributed by atoms with Gasteiger partial charge in [0.15, 0.2) is 5.96 Å². The molecule has 2 aromatic carbocycles. The lowest BCUT2D eigenvalue weighted by atomic mass is 10.1. The number of hydrogen-bond acceptors (Lipinski definition) is 2. The summed E-state index contributed by atoms with van der Waals surface area (Å²) >= 11 is 0. The molecule has 1 aliphatic heterocycles. The van der Waals surface area contributed by atoms with Crippen LogP contribution in [0.4, 0.5) is 4.39 Å². The highest BCUT2D eigenvalue weighted by molar-refractivity contribution is 14.0. The molecule has 170 valence electrons. The van der Waals surface area contributed by atoms with Crippen LogP contribution in [-0.4, -0.2) is 41.9 Å². The van der Waals surface area contributed by atoms with Gasteiger partial charge in [0.1, 0.15) is 5.82 Å². The van der Waals surface area contributed by atoms with Gasteiger partial charge in [-0.1, -0.05) is 24.3 Å². The molecule has 0 bridgehead atoms. The number of likely N-dealkylation sites (tertiary alicyclic amines) is 1. The Morgan fingerprint density at radius 3 is 2.72 bits per heavy atom. The standard InChI is InChI=1S/C24H28FN5O.HI/c1-26-24(27-11-10-18-15-28-22-13-20(25)8-9-21(18)22)29-14-17-5-2-3-6-19(17)16-30-12-4-7-23(30)31;/h2-3,5-6,8-9,13,15,28H,4,7,10-12,14,16H2,1H3,(H2,26,27,29);1H. The second-order valence-corrected chi connectivity index (χ2v) is 7.79. The Morgan fingerprint density at radius 2 is 1.97 bits per heavy atom. The Hall–Kier alpha value is -2.62. The van der Waals surface area contributed by atoms with Crippen LogP contribution in [0.2, 0.25) is 0 Å². The maximum atomic E-state index is 13.4. The molecular formula is C24H29FIN5O. The highest BCUT2D eigenvalue weighted by Crippen LogP contribution is 2.19. The Labute approximate surface area is 204 Å². The van der Waals surface area contributed by atoms with E-state index in [2.05, 4.69) is 32.7 Å². The van der Waals surface area contributed by atoms with Gasteiger partial charge in [-0.3, -0.25) is 9.79 Å². The first kappa shape index (κ1) is 24.0. The van der Waals surface area contributed by atoms with Gasteiger partial charge in [0, 0.05) is 56.7 Å². The number of rotatable bonds is 7. The molecule has 0 unspecified atom stereocenters. The predicted molar refractivity (Wildman–Crippen MR) is 137 cm³/mol. The molecule has 2 heterocycles. The number of amides is 1. The number of fused-ring (bicyclic) bond motifs is 1. The van der Waals surface area contributed by atoms with Crippen LogP contribution in [0.5, 0.6) is 0 Å². The van der Waals surface area contributed by atoms with E-state index in [1.165, 1.54) is 12.1 Å². The van der Waals surface area contributed by atoms with Gasteiger partial charge in [0.05, 0.1) is 0 Å². The van der Waals surface area contributed by atoms with Crippen molar-refractivity contribution >= 4 is 46.7 Å². The fourth-order valence-electron chi connectivity index (χ4n) is 4.04. The van der Waals surface area contributed by atoms with Crippen LogP contribution in [0.15, 0.2) is 53.7 Å². The van der Waals surface area contributed by atoms with Crippen molar-refractivity contribution in [2.45, 2.75) is 32.4 Å². The van der Waals surface area contributed by atoms with Crippen molar-refractivity contribution in [2.75, 3.05) is 20.1 Å². The van der Waals surface area contributed by atoms with Crippen LogP contribution < -0.4 is 10.6 Å². The molecule has 6 nitrogen and oxygen atoms in total. The summed E-state index contributed by atoms with van der Waals surface area (Å²) in [4.78, 5) is 21.3. The molecule has 0 radical (unpaired) electrons. The van der Waals surface area contributed by atoms with Gasteiger partial charge in [-0.15, -0.1) is 24.0 Å². The Kier molecular flexibility index (Phi) is 8.49. The van der Waals surface area contributed by atoms with Crippen LogP contribution >= 0.6 is 24.0 Å². The van der Waals surface area contributed by atoms with Crippen LogP contribution in [0.1, 0.15) is 29.5 Å². The number of nitrogens with zero attached hydrogens (tertiary/aromatic N) is 2. The van der Waals surface area contributed by atoms with Crippen molar-refractivity contribution in [3.05, 3.63) is 71.2 Å². The molecular weight excluding hydrogens is 520 g/mol. The highest BCUT2D eigenvalue weighted by atomic mass is 127. The lowest BCUT2D eigenvalue weighted by molar-refractivity contribution is -0.128. The van der Waals surface area contributed by atoms with Gasteiger partial charge in [-0.05, 0) is 47.7 Å². The molecule has 1 aliphatic rings. The van der Waals surface area contributed by atoms with E-state index < -0.39 is 0 Å². The fraction of sp³-hybridized carbons (Fsp3) is 0.333. The summed E-state index contributed by atoms with van der Waals surface area (Å²) in [6, 6.07) is 13.0. The van der Waals surface area contributed by atoms with Gasteiger partial charge in [0.2, 0.25) is 5.91 Å². The maximum Gasteiger partial charge on any atom is 0.222 e. The Morgan fingerprint density at radius 1 is 1.16 bits per heavy atom. The summed E-state index contributed by atoms with van der Waals surface area (Å²) in [5.74, 6) is 0.719. The minimum Gasteiger partial charge on any atom is -0.361 e. The molecule has 0 aliphatic carbocycles. The lowest BCUT2D eigenvalue weighted by Crippen LogP contribution is -2.38. The maximum absolute atomic E-state index is 13.4. The van der Waals surface area contributed by atoms with E-state index in [4.69, 9.17) is 0 Å². The van der Waals surface area contributed by atoms with Crippen molar-refractivity contribution in [3.63, 3.8) is 0 Å². The predicted octanol–water partition coefficient (Wildman–Crippen LogP) is 3.96. The first-order valence-electron chi connectivity index (χ1n) is 10.7. The molecule has 1 aromatic heterocycles. The van der Waals surface area contributed by atoms with Crippen LogP contribution in [0.25, 0.3) is 10.9 Å². The number of aliphatic imine (C=N–C) groups is 1. The highest BCUT2D eigenvalue weighted by Gasteiger charge is 2.20. The van der Waals surface area contributed by atoms with Crippen molar-refractivity contribution < 1.29 is 9.18 Å². The average Bonchev–Trinajstić information content (AvgIpc) is 3.37. The second kappa shape index (κ2) is 11.3. The SMILES string of the molecule is CN=C(NCCc1c[nH]c2cc(F)ccc12)NCc1ccccc1CN1CCCC1=O.I. The molecule has 1 amide bonds. The number of aromatic nitrogens is 1. The number of nitrogens with one attached hydrogen (secondary N) is 3. The average molecular weight is 549 g/mol. The fourth-order valence-corrected chi connectivity index (χ4v) is 4.04. The zero-order chi connectivity index (χ0) is 21.6. The lowest BCUT2D eigenvalue weighted by Gasteiger charge is -2.19. The Bertz CT molecular complexity index is 1100. The number of carbonyl (C=O) groups excluding carboxylic acids is 1. The van der Waals surface area contributed by atoms with Crippen molar-refractivity contribution in [2.24, 2.45) is 4.99 Å². The first-order chi connectivity index (χ1) is 15.1. The van der Waals surface area contributed by atoms with E-state index in [0.29, 0.717) is 26.1 Å². The molecule has 0 atom stereocenters. The topological polar surface area (TPSA) is 72.5 Å². The minimum atomic E-state index is -0.238. The number of benzene rings is 2. The molecule has 32 heavy (non-hydrogen) atoms. The normalized spacial score (nSPS) is 14.0. The number of guanidine groups is 1. The number of aromatic amines is 1. The summed E-state index contributed by atoms with van der Waals surface area (Å²) in [5.41, 5.74) is 4.26. The van der Waals surface area contributed by atoms with Crippen LogP contribution in [0, 0.1) is 5.82 Å². The molecule has 1 fully saturated rings. The summed E-state index contributed by atoms with van der Waals surface area (Å²) in [7, 11) is 1.75. The van der Waals surface area contributed by atoms with Crippen molar-refractivity contribution in [3.8, 4) is 0 Å². The van der Waals surface area contributed by atoms with E-state index in [1.54, 1.807) is 7.05 Å². The monoisotopic (exact) mass is 549 g/mol. The van der Waals surface area contributed by atoms with Crippen LogP contribution in [-0.2, 0) is 24.3 Å². The first-order valence-corrected chi connectivity index (χ1v) is 10.7. The smallest absolute Gasteiger partial charge is 0.222 e. The number of hydrogen-bond donors (Lipinski definition) is 3. The van der Waals surface area contributed by atoms with Gasteiger partial charge < -0.3 is 20.5 Å². The third-order valence-corrected chi connectivity index (χ3v) is 5.74. The third kappa shape index (κ3) is 5.79. The summed E-state index contributed by atoms with van der Waals surface area (Å²) in [5, 5.41) is 7.74. The third-order valence-electron chi connectivity index (χ3n) is 5.74. The van der Waals surface area contributed by atoms with Crippen molar-refractivity contribution in [1.82, 2.24) is 20.5 Å². The van der Waals surface area contributed by atoms with Crippen molar-refractivity contribution in [1.29, 1.82) is 0 Å². The van der Waals surface area contributed by atoms with Gasteiger partial charge in [-0.2, -0.15) is 0 Å². The zero-order valence-electron chi connectivity index (χ0n) is 18.2. The van der Waals surface area contributed by atoms with Gasteiger partial charge in [-0.25, -0.2) is 4.39 Å². The van der Waals surface area contributed by atoms with E-state index >= 15 is 0 Å². The zero-order valence-corrected chi connectivity index (χ0v) is 20.5. The van der Waals surface area contributed by atoms with Gasteiger partial charge in [0.25, 0.3) is 0 Å². The Balaban J connectivity index is 0.00000289. The van der Waals surface area contributed by atoms with Crippen LogP contribution in [0.3, 0.4) is 0 Å². The molecule has 3 N–H and O–H groups in total. The molecule has 1 saturated heterocycles. The number of halogens is 2. The molecule has 4 rings (SSSR count). The van der Waals surface area contributed by atoms with Gasteiger partial charge >= 0.3 is 0 Å². The molecule has 0 spiro atoms. The molecule has 8 heteroatoms. The van der Waals surface area contributed by atoms with E-state index in [-0.39, 0.29) is 35.7 Å². The van der Waals surface area contributed by atoms with E-state index in [0.717, 1.165) is 52.9 Å². The number of carbonyl (C=O) groups is 1. The largest absolute Gasteiger partial charge is 0.361 e. The van der Waals surface area contributed by atoms with E-state index in [1.807, 2.05) is 29.3 Å². The summed E-state index contributed by atoms with van der Waals surface area (Å²) in [6.07, 6.45) is 4.32. The second-order valence-electron chi connectivity index (χ2n) is 7.79. The summed E-state index contributed by atoms with van der Waals surface area (Å²) in [6.45, 7) is 2.83. The minimum absolute atomic E-state index is 0. The molecule has 3 aromatic rings. The number of H-pyrrole nitrogens is 1. The molecule has 0 saturated carbocycles. The quantitative estimate of drug-likeness (QED) is 0.238.